The van der Waals surface area contributed by atoms with E-state index in [1.54, 1.807) is 0 Å². The minimum atomic E-state index is -0.0391. The molecule has 5 heteroatoms. The maximum Gasteiger partial charge on any atom is 0.243 e. The van der Waals surface area contributed by atoms with Crippen LogP contribution in [0.1, 0.15) is 38.7 Å². The lowest BCUT2D eigenvalue weighted by Gasteiger charge is -2.28. The molecule has 2 heterocycles. The number of hydrogen-bond acceptors (Lipinski definition) is 4. The van der Waals surface area contributed by atoms with Gasteiger partial charge in [-0.3, -0.25) is 4.79 Å². The summed E-state index contributed by atoms with van der Waals surface area (Å²) in [5, 5.41) is 4.35. The van der Waals surface area contributed by atoms with Crippen LogP contribution in [0.4, 0.5) is 0 Å². The number of amides is 1. The van der Waals surface area contributed by atoms with Crippen LogP contribution in [0, 0.1) is 11.8 Å². The van der Waals surface area contributed by atoms with Crippen LogP contribution in [0.25, 0.3) is 22.6 Å². The van der Waals surface area contributed by atoms with Gasteiger partial charge >= 0.3 is 0 Å². The molecular formula is C22H23N3O2. The Labute approximate surface area is 158 Å². The minimum absolute atomic E-state index is 0.0202. The summed E-state index contributed by atoms with van der Waals surface area (Å²) in [7, 11) is 0. The second-order valence-electron chi connectivity index (χ2n) is 7.08. The van der Waals surface area contributed by atoms with Crippen molar-refractivity contribution in [3.8, 4) is 11.5 Å². The first-order valence-electron chi connectivity index (χ1n) is 9.51. The molecule has 5 nitrogen and oxygen atoms in total. The van der Waals surface area contributed by atoms with E-state index in [-0.39, 0.29) is 17.7 Å². The van der Waals surface area contributed by atoms with Crippen molar-refractivity contribution in [3.63, 3.8) is 0 Å². The smallest absolute Gasteiger partial charge is 0.243 e. The molecule has 3 aromatic rings. The van der Waals surface area contributed by atoms with E-state index in [9.17, 15) is 4.79 Å². The average Bonchev–Trinajstić information content (AvgIpc) is 3.12. The zero-order chi connectivity index (χ0) is 18.8. The molecule has 1 aliphatic rings. The average molecular weight is 361 g/mol. The number of aromatic nitrogens is 1. The number of carbonyl (C=O) groups is 1. The first-order chi connectivity index (χ1) is 13.2. The molecule has 0 saturated heterocycles. The highest BCUT2D eigenvalue weighted by Gasteiger charge is 2.32. The Balaban J connectivity index is 1.66. The van der Waals surface area contributed by atoms with Gasteiger partial charge in [0, 0.05) is 23.0 Å². The molecule has 1 aliphatic heterocycles. The first kappa shape index (κ1) is 17.5. The van der Waals surface area contributed by atoms with E-state index < -0.39 is 0 Å². The van der Waals surface area contributed by atoms with Crippen molar-refractivity contribution in [1.82, 2.24) is 10.4 Å². The lowest BCUT2D eigenvalue weighted by Crippen LogP contribution is -2.41. The van der Waals surface area contributed by atoms with E-state index in [0.29, 0.717) is 5.89 Å². The van der Waals surface area contributed by atoms with Gasteiger partial charge in [-0.15, -0.1) is 0 Å². The van der Waals surface area contributed by atoms with Gasteiger partial charge in [-0.05, 0) is 30.7 Å². The fraction of sp³-hybridized carbons (Fsp3) is 0.318. The molecule has 2 unspecified atom stereocenters. The van der Waals surface area contributed by atoms with Crippen LogP contribution in [-0.4, -0.2) is 16.6 Å². The van der Waals surface area contributed by atoms with E-state index in [1.807, 2.05) is 48.5 Å². The molecule has 138 valence electrons. The maximum atomic E-state index is 12.2. The van der Waals surface area contributed by atoms with E-state index in [1.165, 1.54) is 0 Å². The van der Waals surface area contributed by atoms with Crippen molar-refractivity contribution >= 4 is 22.7 Å². The van der Waals surface area contributed by atoms with Crippen LogP contribution in [0.15, 0.2) is 58.0 Å². The molecule has 1 aromatic heterocycles. The Hall–Kier alpha value is -2.95. The highest BCUT2D eigenvalue weighted by atomic mass is 16.3. The molecule has 0 radical (unpaired) electrons. The number of unbranched alkanes of at least 4 members (excludes halogenated alkanes) is 1. The summed E-state index contributed by atoms with van der Waals surface area (Å²) < 4.78 is 5.98. The van der Waals surface area contributed by atoms with Gasteiger partial charge in [0.25, 0.3) is 0 Å². The lowest BCUT2D eigenvalue weighted by molar-refractivity contribution is -0.126. The normalized spacial score (nSPS) is 19.8. The van der Waals surface area contributed by atoms with Gasteiger partial charge in [-0.1, -0.05) is 51.0 Å². The van der Waals surface area contributed by atoms with Gasteiger partial charge in [0.1, 0.15) is 5.52 Å². The summed E-state index contributed by atoms with van der Waals surface area (Å²) in [6.45, 7) is 4.22. The monoisotopic (exact) mass is 361 g/mol. The van der Waals surface area contributed by atoms with Crippen LogP contribution in [-0.2, 0) is 4.79 Å². The molecule has 2 atom stereocenters. The number of nitrogens with one attached hydrogen (secondary N) is 1. The SMILES string of the molecule is CCCCC1C(=O)NN=C(c2ccc3nc(-c4ccccc4)oc3c2)C1C. The zero-order valence-electron chi connectivity index (χ0n) is 15.6. The predicted molar refractivity (Wildman–Crippen MR) is 106 cm³/mol. The van der Waals surface area contributed by atoms with Gasteiger partial charge in [-0.25, -0.2) is 10.4 Å². The van der Waals surface area contributed by atoms with Crippen molar-refractivity contribution in [2.75, 3.05) is 0 Å². The van der Waals surface area contributed by atoms with Crippen molar-refractivity contribution < 1.29 is 9.21 Å². The second kappa shape index (κ2) is 7.35. The van der Waals surface area contributed by atoms with Crippen LogP contribution in [0.2, 0.25) is 0 Å². The van der Waals surface area contributed by atoms with Gasteiger partial charge in [0.15, 0.2) is 5.58 Å². The topological polar surface area (TPSA) is 67.5 Å². The summed E-state index contributed by atoms with van der Waals surface area (Å²) in [5.74, 6) is 0.657. The molecule has 27 heavy (non-hydrogen) atoms. The van der Waals surface area contributed by atoms with Crippen LogP contribution >= 0.6 is 0 Å². The molecule has 0 spiro atoms. The summed E-state index contributed by atoms with van der Waals surface area (Å²) in [5.41, 5.74) is 7.05. The summed E-state index contributed by atoms with van der Waals surface area (Å²) >= 11 is 0. The van der Waals surface area contributed by atoms with E-state index >= 15 is 0 Å². The molecule has 1 amide bonds. The van der Waals surface area contributed by atoms with Gasteiger partial charge in [-0.2, -0.15) is 5.10 Å². The van der Waals surface area contributed by atoms with Crippen molar-refractivity contribution in [3.05, 3.63) is 54.1 Å². The Kier molecular flexibility index (Phi) is 4.75. The standard InChI is InChI=1S/C22H23N3O2/c1-3-4-10-17-14(2)20(24-25-21(17)26)16-11-12-18-19(13-16)27-22(23-18)15-8-6-5-7-9-15/h5-9,11-14,17H,3-4,10H2,1-2H3,(H,25,26). The third kappa shape index (κ3) is 3.37. The number of rotatable bonds is 5. The highest BCUT2D eigenvalue weighted by Crippen LogP contribution is 2.29. The summed E-state index contributed by atoms with van der Waals surface area (Å²) in [4.78, 5) is 16.8. The fourth-order valence-corrected chi connectivity index (χ4v) is 3.64. The molecule has 0 aliphatic carbocycles. The molecule has 1 N–H and O–H groups in total. The molecule has 2 aromatic carbocycles. The number of nitrogens with zero attached hydrogens (tertiary/aromatic N) is 2. The fourth-order valence-electron chi connectivity index (χ4n) is 3.64. The minimum Gasteiger partial charge on any atom is -0.436 e. The van der Waals surface area contributed by atoms with Crippen LogP contribution < -0.4 is 5.43 Å². The number of hydrazone groups is 1. The van der Waals surface area contributed by atoms with Crippen molar-refractivity contribution in [2.24, 2.45) is 16.9 Å². The predicted octanol–water partition coefficient (Wildman–Crippen LogP) is 4.77. The van der Waals surface area contributed by atoms with Crippen molar-refractivity contribution in [1.29, 1.82) is 0 Å². The Morgan fingerprint density at radius 1 is 1.11 bits per heavy atom. The molecular weight excluding hydrogens is 338 g/mol. The number of hydrogen-bond donors (Lipinski definition) is 1. The summed E-state index contributed by atoms with van der Waals surface area (Å²) in [6.07, 6.45) is 3.00. The van der Waals surface area contributed by atoms with Crippen LogP contribution in [0.5, 0.6) is 0 Å². The first-order valence-corrected chi connectivity index (χ1v) is 9.51. The largest absolute Gasteiger partial charge is 0.436 e. The zero-order valence-corrected chi connectivity index (χ0v) is 15.6. The maximum absolute atomic E-state index is 12.2. The second-order valence-corrected chi connectivity index (χ2v) is 7.08. The quantitative estimate of drug-likeness (QED) is 0.712. The van der Waals surface area contributed by atoms with E-state index in [2.05, 4.69) is 29.4 Å². The molecule has 0 saturated carbocycles. The van der Waals surface area contributed by atoms with Gasteiger partial charge in [0.05, 0.1) is 5.71 Å². The van der Waals surface area contributed by atoms with Gasteiger partial charge < -0.3 is 4.42 Å². The third-order valence-electron chi connectivity index (χ3n) is 5.23. The third-order valence-corrected chi connectivity index (χ3v) is 5.23. The van der Waals surface area contributed by atoms with E-state index in [4.69, 9.17) is 4.42 Å². The highest BCUT2D eigenvalue weighted by molar-refractivity contribution is 6.07. The van der Waals surface area contributed by atoms with Gasteiger partial charge in [0.2, 0.25) is 11.8 Å². The molecule has 4 rings (SSSR count). The number of carbonyl (C=O) groups excluding carboxylic acids is 1. The Morgan fingerprint density at radius 2 is 1.93 bits per heavy atom. The van der Waals surface area contributed by atoms with E-state index in [0.717, 1.165) is 47.2 Å². The van der Waals surface area contributed by atoms with Crippen LogP contribution in [0.3, 0.4) is 0 Å². The number of benzene rings is 2. The Morgan fingerprint density at radius 3 is 2.70 bits per heavy atom. The van der Waals surface area contributed by atoms with Crippen molar-refractivity contribution in [2.45, 2.75) is 33.1 Å². The Bertz CT molecular complexity index is 991. The number of oxazole rings is 1. The number of fused-ring (bicyclic) bond motifs is 1. The molecule has 0 fully saturated rings. The molecule has 0 bridgehead atoms. The summed E-state index contributed by atoms with van der Waals surface area (Å²) in [6, 6.07) is 15.8. The lowest BCUT2D eigenvalue weighted by atomic mass is 9.82.